The predicted molar refractivity (Wildman–Crippen MR) is 64.6 cm³/mol. The van der Waals surface area contributed by atoms with Crippen molar-refractivity contribution in [1.29, 1.82) is 0 Å². The number of ether oxygens (including phenoxy) is 1. The molecule has 0 bridgehead atoms. The van der Waals surface area contributed by atoms with E-state index in [2.05, 4.69) is 22.5 Å². The Kier molecular flexibility index (Phi) is 7.84. The van der Waals surface area contributed by atoms with Crippen molar-refractivity contribution in [3.05, 3.63) is 0 Å². The summed E-state index contributed by atoms with van der Waals surface area (Å²) in [5, 5.41) is 2.98. The molecule has 0 aliphatic heterocycles. The maximum absolute atomic E-state index is 11.2. The van der Waals surface area contributed by atoms with Crippen LogP contribution >= 0.6 is 20.5 Å². The van der Waals surface area contributed by atoms with Crippen LogP contribution in [0, 0.1) is 0 Å². The van der Waals surface area contributed by atoms with Crippen LogP contribution in [0.3, 0.4) is 0 Å². The lowest BCUT2D eigenvalue weighted by Crippen LogP contribution is -2.45. The Hall–Kier alpha value is 0.380. The molecule has 0 aromatic rings. The summed E-state index contributed by atoms with van der Waals surface area (Å²) < 4.78 is 25.5. The summed E-state index contributed by atoms with van der Waals surface area (Å²) in [5.74, 6) is 0. The maximum atomic E-state index is 11.2. The van der Waals surface area contributed by atoms with Gasteiger partial charge in [0.1, 0.15) is 0 Å². The molecule has 4 unspecified atom stereocenters. The van der Waals surface area contributed by atoms with E-state index in [1.54, 1.807) is 14.0 Å². The van der Waals surface area contributed by atoms with Gasteiger partial charge in [0.05, 0.1) is 18.8 Å². The van der Waals surface area contributed by atoms with Gasteiger partial charge in [-0.25, -0.2) is 4.57 Å². The van der Waals surface area contributed by atoms with Crippen LogP contribution in [0.2, 0.25) is 0 Å². The van der Waals surface area contributed by atoms with Crippen LogP contribution in [0.25, 0.3) is 0 Å². The third-order valence-corrected chi connectivity index (χ3v) is 3.11. The first kappa shape index (κ1) is 16.4. The van der Waals surface area contributed by atoms with E-state index in [0.717, 1.165) is 7.11 Å². The second-order valence-corrected chi connectivity index (χ2v) is 5.65. The normalized spacial score (nSPS) is 21.1. The number of methoxy groups -OCH3 is 1. The lowest BCUT2D eigenvalue weighted by Gasteiger charge is -2.27. The van der Waals surface area contributed by atoms with Crippen LogP contribution in [0.15, 0.2) is 0 Å². The van der Waals surface area contributed by atoms with Crippen molar-refractivity contribution in [2.75, 3.05) is 20.8 Å². The summed E-state index contributed by atoms with van der Waals surface area (Å²) in [5.41, 5.74) is 0. The number of hydrogen-bond acceptors (Lipinski definition) is 6. The van der Waals surface area contributed by atoms with Gasteiger partial charge in [-0.05, 0) is 13.8 Å². The largest absolute Gasteiger partial charge is 0.472 e. The molecule has 0 aliphatic rings. The second kappa shape index (κ2) is 7.66. The van der Waals surface area contributed by atoms with Crippen LogP contribution in [0.5, 0.6) is 0 Å². The van der Waals surface area contributed by atoms with Crippen molar-refractivity contribution in [2.45, 2.75) is 31.4 Å². The van der Waals surface area contributed by atoms with Crippen LogP contribution in [0.4, 0.5) is 0 Å². The van der Waals surface area contributed by atoms with Gasteiger partial charge in [-0.15, -0.1) is 0 Å². The first-order valence-corrected chi connectivity index (χ1v) is 6.83. The maximum Gasteiger partial charge on any atom is 0.472 e. The molecule has 0 saturated carbocycles. The van der Waals surface area contributed by atoms with E-state index in [-0.39, 0.29) is 11.4 Å². The number of nitrogens with one attached hydrogen (secondary N) is 1. The van der Waals surface area contributed by atoms with Crippen molar-refractivity contribution in [1.82, 2.24) is 5.32 Å². The quantitative estimate of drug-likeness (QED) is 0.348. The number of phosphoric ester groups is 1. The minimum atomic E-state index is -3.97. The van der Waals surface area contributed by atoms with E-state index in [1.807, 2.05) is 6.92 Å². The zero-order valence-corrected chi connectivity index (χ0v) is 11.7. The minimum Gasteiger partial charge on any atom is -0.383 e. The molecular weight excluding hydrogens is 253 g/mol. The van der Waals surface area contributed by atoms with Crippen LogP contribution in [0.1, 0.15) is 13.8 Å². The van der Waals surface area contributed by atoms with Gasteiger partial charge in [0.25, 0.3) is 0 Å². The van der Waals surface area contributed by atoms with Gasteiger partial charge in [0.15, 0.2) is 0 Å². The molecule has 0 heterocycles. The van der Waals surface area contributed by atoms with Gasteiger partial charge in [0.2, 0.25) is 0 Å². The number of phosphoric acid groups is 1. The monoisotopic (exact) mass is 273 g/mol. The average Bonchev–Trinajstić information content (AvgIpc) is 2.16. The standard InChI is InChI=1S/C8H20NO5PS/c1-6(14-15(10,11)13-4)8(5-12-3)9-7(2)16/h6-9,16H,5H2,1-4H3,(H,10,11). The SMILES string of the molecule is COCC(NC(C)S)C(C)OP(=O)(O)OC. The molecule has 0 radical (unpaired) electrons. The lowest BCUT2D eigenvalue weighted by atomic mass is 10.2. The molecule has 16 heavy (non-hydrogen) atoms. The number of hydrogen-bond donors (Lipinski definition) is 3. The molecule has 6 nitrogen and oxygen atoms in total. The van der Waals surface area contributed by atoms with Gasteiger partial charge >= 0.3 is 7.82 Å². The van der Waals surface area contributed by atoms with Gasteiger partial charge in [0, 0.05) is 19.6 Å². The molecule has 0 fully saturated rings. The molecule has 0 amide bonds. The Morgan fingerprint density at radius 3 is 2.38 bits per heavy atom. The summed E-state index contributed by atoms with van der Waals surface area (Å²) in [6.45, 7) is 3.85. The lowest BCUT2D eigenvalue weighted by molar-refractivity contribution is 0.0657. The summed E-state index contributed by atoms with van der Waals surface area (Å²) in [7, 11) is -1.31. The van der Waals surface area contributed by atoms with Gasteiger partial charge < -0.3 is 9.63 Å². The highest BCUT2D eigenvalue weighted by Gasteiger charge is 2.28. The summed E-state index contributed by atoms with van der Waals surface area (Å²) in [6, 6.07) is -0.242. The predicted octanol–water partition coefficient (Wildman–Crippen LogP) is 1.02. The van der Waals surface area contributed by atoms with Gasteiger partial charge in [-0.1, -0.05) is 0 Å². The Morgan fingerprint density at radius 2 is 2.00 bits per heavy atom. The molecule has 98 valence electrons. The fourth-order valence-electron chi connectivity index (χ4n) is 1.14. The molecule has 0 aromatic heterocycles. The highest BCUT2D eigenvalue weighted by Crippen LogP contribution is 2.43. The van der Waals surface area contributed by atoms with E-state index < -0.39 is 13.9 Å². The number of thiol groups is 1. The van der Waals surface area contributed by atoms with Crippen molar-refractivity contribution in [3.63, 3.8) is 0 Å². The second-order valence-electron chi connectivity index (χ2n) is 3.37. The van der Waals surface area contributed by atoms with E-state index in [9.17, 15) is 4.57 Å². The van der Waals surface area contributed by atoms with E-state index >= 15 is 0 Å². The molecule has 0 rings (SSSR count). The molecule has 0 aliphatic carbocycles. The Labute approximate surface area is 102 Å². The fraction of sp³-hybridized carbons (Fsp3) is 1.00. The van der Waals surface area contributed by atoms with E-state index in [0.29, 0.717) is 6.61 Å². The van der Waals surface area contributed by atoms with Gasteiger partial charge in [-0.2, -0.15) is 12.6 Å². The molecule has 0 saturated heterocycles. The van der Waals surface area contributed by atoms with E-state index in [4.69, 9.17) is 14.2 Å². The van der Waals surface area contributed by atoms with Crippen molar-refractivity contribution in [3.8, 4) is 0 Å². The third-order valence-electron chi connectivity index (χ3n) is 1.90. The molecule has 0 aromatic carbocycles. The summed E-state index contributed by atoms with van der Waals surface area (Å²) in [4.78, 5) is 9.17. The highest BCUT2D eigenvalue weighted by molar-refractivity contribution is 7.80. The first-order valence-electron chi connectivity index (χ1n) is 4.82. The molecule has 4 atom stereocenters. The fourth-order valence-corrected chi connectivity index (χ4v) is 1.98. The summed E-state index contributed by atoms with van der Waals surface area (Å²) in [6.07, 6.45) is -0.537. The van der Waals surface area contributed by atoms with Crippen molar-refractivity contribution in [2.24, 2.45) is 0 Å². The third kappa shape index (κ3) is 6.85. The van der Waals surface area contributed by atoms with E-state index in [1.165, 1.54) is 0 Å². The van der Waals surface area contributed by atoms with Crippen molar-refractivity contribution < 1.29 is 23.2 Å². The van der Waals surface area contributed by atoms with Crippen LogP contribution in [-0.2, 0) is 18.3 Å². The zero-order valence-electron chi connectivity index (χ0n) is 9.91. The van der Waals surface area contributed by atoms with Crippen molar-refractivity contribution >= 4 is 20.5 Å². The number of rotatable bonds is 8. The molecule has 0 spiro atoms. The van der Waals surface area contributed by atoms with Gasteiger partial charge in [-0.3, -0.25) is 14.4 Å². The topological polar surface area (TPSA) is 77.0 Å². The Morgan fingerprint density at radius 1 is 1.44 bits per heavy atom. The zero-order chi connectivity index (χ0) is 12.8. The smallest absolute Gasteiger partial charge is 0.383 e. The first-order chi connectivity index (χ1) is 7.32. The Bertz CT molecular complexity index is 240. The van der Waals surface area contributed by atoms with Crippen LogP contribution < -0.4 is 5.32 Å². The van der Waals surface area contributed by atoms with Crippen LogP contribution in [-0.4, -0.2) is 43.2 Å². The Balaban J connectivity index is 4.37. The highest BCUT2D eigenvalue weighted by atomic mass is 32.1. The summed E-state index contributed by atoms with van der Waals surface area (Å²) >= 11 is 4.17. The molecule has 8 heteroatoms. The molecular formula is C8H20NO5PS. The average molecular weight is 273 g/mol. The molecule has 2 N–H and O–H groups in total. The minimum absolute atomic E-state index is 0.0770.